The fraction of sp³-hybridized carbons (Fsp3) is 0.560. The van der Waals surface area contributed by atoms with Gasteiger partial charge in [-0.2, -0.15) is 5.10 Å². The summed E-state index contributed by atoms with van der Waals surface area (Å²) in [5, 5.41) is 8.55. The van der Waals surface area contributed by atoms with E-state index in [1.165, 1.54) is 6.42 Å². The van der Waals surface area contributed by atoms with Crippen LogP contribution in [0.5, 0.6) is 0 Å². The minimum Gasteiger partial charge on any atom is -0.351 e. The molecule has 1 saturated carbocycles. The number of aromatic nitrogens is 2. The summed E-state index contributed by atoms with van der Waals surface area (Å²) in [4.78, 5) is 29.1. The average molecular weight is 457 g/mol. The van der Waals surface area contributed by atoms with Crippen molar-refractivity contribution in [2.45, 2.75) is 89.9 Å². The number of hydrogen-bond donors (Lipinski definition) is 1. The minimum atomic E-state index is -1.07. The van der Waals surface area contributed by atoms with Crippen LogP contribution in [0.2, 0.25) is 5.02 Å². The summed E-state index contributed by atoms with van der Waals surface area (Å²) in [5.41, 5.74) is 0.921. The van der Waals surface area contributed by atoms with E-state index in [0.717, 1.165) is 36.9 Å². The third kappa shape index (κ3) is 4.29. The van der Waals surface area contributed by atoms with E-state index < -0.39 is 5.54 Å². The second kappa shape index (κ2) is 8.54. The molecule has 1 aromatic heterocycles. The number of rotatable bonds is 4. The average Bonchev–Trinajstić information content (AvgIpc) is 3.17. The third-order valence-electron chi connectivity index (χ3n) is 6.78. The summed E-state index contributed by atoms with van der Waals surface area (Å²) in [6.45, 7) is 8.64. The van der Waals surface area contributed by atoms with Gasteiger partial charge >= 0.3 is 0 Å². The van der Waals surface area contributed by atoms with Crippen LogP contribution in [0.15, 0.2) is 30.3 Å². The van der Waals surface area contributed by atoms with Crippen LogP contribution in [0, 0.1) is 0 Å². The van der Waals surface area contributed by atoms with E-state index in [1.54, 1.807) is 9.58 Å². The third-order valence-corrected chi connectivity index (χ3v) is 7.15. The zero-order valence-electron chi connectivity index (χ0n) is 19.4. The Labute approximate surface area is 195 Å². The molecule has 2 aliphatic rings. The maximum atomic E-state index is 13.7. The molecule has 0 radical (unpaired) electrons. The topological polar surface area (TPSA) is 67.2 Å². The predicted octanol–water partition coefficient (Wildman–Crippen LogP) is 4.70. The van der Waals surface area contributed by atoms with E-state index in [0.29, 0.717) is 17.3 Å². The van der Waals surface area contributed by atoms with E-state index in [2.05, 4.69) is 26.1 Å². The largest absolute Gasteiger partial charge is 0.351 e. The molecule has 2 amide bonds. The van der Waals surface area contributed by atoms with Crippen LogP contribution in [0.1, 0.15) is 81.5 Å². The van der Waals surface area contributed by atoms with E-state index >= 15 is 0 Å². The zero-order chi connectivity index (χ0) is 23.1. The Morgan fingerprint density at radius 3 is 2.56 bits per heavy atom. The molecule has 1 aliphatic carbocycles. The smallest absolute Gasteiger partial charge is 0.273 e. The Hall–Kier alpha value is -2.34. The SMILES string of the molecule is CC(C)(C)c1cc2n(n1)CC(C)(C(=O)NC1CCCCC1)N(Cc1ccccc1Cl)C2=O. The van der Waals surface area contributed by atoms with Crippen LogP contribution in [-0.4, -0.2) is 38.1 Å². The Balaban J connectivity index is 1.72. The molecule has 0 spiro atoms. The molecule has 1 unspecified atom stereocenters. The molecule has 172 valence electrons. The van der Waals surface area contributed by atoms with Gasteiger partial charge in [0, 0.05) is 23.0 Å². The fourth-order valence-corrected chi connectivity index (χ4v) is 4.84. The summed E-state index contributed by atoms with van der Waals surface area (Å²) in [6, 6.07) is 9.50. The van der Waals surface area contributed by atoms with Gasteiger partial charge in [0.25, 0.3) is 5.91 Å². The van der Waals surface area contributed by atoms with Gasteiger partial charge in [-0.1, -0.05) is 69.8 Å². The highest BCUT2D eigenvalue weighted by molar-refractivity contribution is 6.31. The Kier molecular flexibility index (Phi) is 6.10. The highest BCUT2D eigenvalue weighted by Gasteiger charge is 2.48. The number of carbonyl (C=O) groups excluding carboxylic acids is 2. The highest BCUT2D eigenvalue weighted by Crippen LogP contribution is 2.33. The standard InChI is InChI=1S/C25H33ClN4O2/c1-24(2,3)21-14-20-22(31)29(15-17-10-8-9-13-19(17)26)25(4,16-30(20)28-21)23(32)27-18-11-6-5-7-12-18/h8-10,13-14,18H,5-7,11-12,15-16H2,1-4H3,(H,27,32). The van der Waals surface area contributed by atoms with Crippen molar-refractivity contribution in [3.05, 3.63) is 52.3 Å². The Bertz CT molecular complexity index is 1020. The number of amides is 2. The van der Waals surface area contributed by atoms with Gasteiger partial charge in [0.1, 0.15) is 11.2 Å². The van der Waals surface area contributed by atoms with Gasteiger partial charge in [0.2, 0.25) is 5.91 Å². The molecular formula is C25H33ClN4O2. The van der Waals surface area contributed by atoms with Gasteiger partial charge < -0.3 is 10.2 Å². The lowest BCUT2D eigenvalue weighted by molar-refractivity contribution is -0.134. The first-order valence-electron chi connectivity index (χ1n) is 11.5. The molecule has 4 rings (SSSR count). The lowest BCUT2D eigenvalue weighted by Crippen LogP contribution is -2.64. The van der Waals surface area contributed by atoms with Crippen molar-refractivity contribution in [2.75, 3.05) is 0 Å². The molecule has 1 aromatic carbocycles. The van der Waals surface area contributed by atoms with Crippen molar-refractivity contribution in [3.8, 4) is 0 Å². The summed E-state index contributed by atoms with van der Waals surface area (Å²) in [6.07, 6.45) is 5.44. The zero-order valence-corrected chi connectivity index (χ0v) is 20.2. The van der Waals surface area contributed by atoms with Crippen LogP contribution in [-0.2, 0) is 23.3 Å². The first-order valence-corrected chi connectivity index (χ1v) is 11.9. The molecule has 6 nitrogen and oxygen atoms in total. The van der Waals surface area contributed by atoms with Crippen LogP contribution in [0.4, 0.5) is 0 Å². The quantitative estimate of drug-likeness (QED) is 0.725. The predicted molar refractivity (Wildman–Crippen MR) is 126 cm³/mol. The second-order valence-electron chi connectivity index (χ2n) is 10.4. The lowest BCUT2D eigenvalue weighted by atomic mass is 9.90. The molecule has 7 heteroatoms. The van der Waals surface area contributed by atoms with Crippen LogP contribution >= 0.6 is 11.6 Å². The Morgan fingerprint density at radius 1 is 1.22 bits per heavy atom. The van der Waals surface area contributed by atoms with E-state index in [9.17, 15) is 9.59 Å². The minimum absolute atomic E-state index is 0.122. The van der Waals surface area contributed by atoms with Gasteiger partial charge in [0.05, 0.1) is 12.2 Å². The van der Waals surface area contributed by atoms with Crippen molar-refractivity contribution in [3.63, 3.8) is 0 Å². The Morgan fingerprint density at radius 2 is 1.91 bits per heavy atom. The molecule has 1 atom stereocenters. The van der Waals surface area contributed by atoms with Crippen LogP contribution in [0.25, 0.3) is 0 Å². The molecular weight excluding hydrogens is 424 g/mol. The van der Waals surface area contributed by atoms with Crippen molar-refractivity contribution < 1.29 is 9.59 Å². The van der Waals surface area contributed by atoms with Gasteiger partial charge in [-0.15, -0.1) is 0 Å². The molecule has 1 N–H and O–H groups in total. The number of fused-ring (bicyclic) bond motifs is 1. The first kappa shape index (κ1) is 22.8. The van der Waals surface area contributed by atoms with Crippen molar-refractivity contribution in [1.29, 1.82) is 0 Å². The number of nitrogens with one attached hydrogen (secondary N) is 1. The highest BCUT2D eigenvalue weighted by atomic mass is 35.5. The number of hydrogen-bond acceptors (Lipinski definition) is 3. The van der Waals surface area contributed by atoms with E-state index in [1.807, 2.05) is 37.3 Å². The van der Waals surface area contributed by atoms with Crippen LogP contribution < -0.4 is 5.32 Å². The summed E-state index contributed by atoms with van der Waals surface area (Å²) in [5.74, 6) is -0.316. The van der Waals surface area contributed by atoms with E-state index in [-0.39, 0.29) is 29.8 Å². The van der Waals surface area contributed by atoms with Crippen molar-refractivity contribution in [2.24, 2.45) is 0 Å². The lowest BCUT2D eigenvalue weighted by Gasteiger charge is -2.44. The normalized spacial score (nSPS) is 22.0. The molecule has 1 fully saturated rings. The van der Waals surface area contributed by atoms with Crippen LogP contribution in [0.3, 0.4) is 0 Å². The van der Waals surface area contributed by atoms with E-state index in [4.69, 9.17) is 16.7 Å². The number of benzene rings is 1. The molecule has 32 heavy (non-hydrogen) atoms. The van der Waals surface area contributed by atoms with Gasteiger partial charge in [0.15, 0.2) is 0 Å². The maximum Gasteiger partial charge on any atom is 0.273 e. The van der Waals surface area contributed by atoms with Gasteiger partial charge in [-0.25, -0.2) is 0 Å². The second-order valence-corrected chi connectivity index (χ2v) is 10.8. The molecule has 0 bridgehead atoms. The summed E-state index contributed by atoms with van der Waals surface area (Å²) in [7, 11) is 0. The molecule has 2 aromatic rings. The fourth-order valence-electron chi connectivity index (χ4n) is 4.64. The van der Waals surface area contributed by atoms with Gasteiger partial charge in [-0.3, -0.25) is 14.3 Å². The number of nitrogens with zero attached hydrogens (tertiary/aromatic N) is 3. The maximum absolute atomic E-state index is 13.7. The summed E-state index contributed by atoms with van der Waals surface area (Å²) >= 11 is 6.43. The van der Waals surface area contributed by atoms with Crippen molar-refractivity contribution in [1.82, 2.24) is 20.0 Å². The molecule has 2 heterocycles. The molecule has 1 aliphatic heterocycles. The summed E-state index contributed by atoms with van der Waals surface area (Å²) < 4.78 is 1.71. The monoisotopic (exact) mass is 456 g/mol. The van der Waals surface area contributed by atoms with Gasteiger partial charge in [-0.05, 0) is 37.5 Å². The first-order chi connectivity index (χ1) is 15.1. The number of carbonyl (C=O) groups is 2. The van der Waals surface area contributed by atoms with Crippen molar-refractivity contribution >= 4 is 23.4 Å². The molecule has 0 saturated heterocycles. The number of halogens is 1.